The van der Waals surface area contributed by atoms with E-state index in [9.17, 15) is 18.8 Å². The van der Waals surface area contributed by atoms with Gasteiger partial charge in [0.1, 0.15) is 12.4 Å². The summed E-state index contributed by atoms with van der Waals surface area (Å²) in [5, 5.41) is 2.70. The molecule has 1 aromatic heterocycles. The van der Waals surface area contributed by atoms with Gasteiger partial charge in [-0.3, -0.25) is 23.5 Å². The van der Waals surface area contributed by atoms with Crippen LogP contribution in [0, 0.1) is 5.82 Å². The van der Waals surface area contributed by atoms with Gasteiger partial charge in [0.2, 0.25) is 5.91 Å². The maximum atomic E-state index is 13.4. The molecule has 28 heavy (non-hydrogen) atoms. The summed E-state index contributed by atoms with van der Waals surface area (Å²) in [5.74, 6) is -0.563. The van der Waals surface area contributed by atoms with Gasteiger partial charge >= 0.3 is 11.1 Å². The van der Waals surface area contributed by atoms with Gasteiger partial charge in [0.05, 0.1) is 5.69 Å². The summed E-state index contributed by atoms with van der Waals surface area (Å²) in [5.41, 5.74) is 0.272. The van der Waals surface area contributed by atoms with Crippen LogP contribution in [0.15, 0.2) is 70.5 Å². The molecule has 1 heterocycles. The van der Waals surface area contributed by atoms with E-state index >= 15 is 0 Å². The molecule has 0 bridgehead atoms. The minimum absolute atomic E-state index is 0.240. The number of amides is 1. The van der Waals surface area contributed by atoms with Gasteiger partial charge < -0.3 is 5.32 Å². The Balaban J connectivity index is 1.77. The summed E-state index contributed by atoms with van der Waals surface area (Å²) in [7, 11) is 0. The number of halogens is 1. The summed E-state index contributed by atoms with van der Waals surface area (Å²) in [6.45, 7) is 3.85. The third-order valence-corrected chi connectivity index (χ3v) is 4.32. The highest BCUT2D eigenvalue weighted by molar-refractivity contribution is 5.90. The van der Waals surface area contributed by atoms with Crippen molar-refractivity contribution < 1.29 is 9.18 Å². The van der Waals surface area contributed by atoms with E-state index in [1.54, 1.807) is 12.1 Å². The van der Waals surface area contributed by atoms with Gasteiger partial charge in [-0.1, -0.05) is 32.0 Å². The quantitative estimate of drug-likeness (QED) is 0.691. The number of anilines is 1. The molecule has 3 rings (SSSR count). The minimum Gasteiger partial charge on any atom is -0.325 e. The van der Waals surface area contributed by atoms with Crippen LogP contribution in [0.2, 0.25) is 0 Å². The predicted octanol–water partition coefficient (Wildman–Crippen LogP) is 2.90. The Morgan fingerprint density at radius 3 is 2.39 bits per heavy atom. The number of carbonyl (C=O) groups excluding carboxylic acids is 1. The Morgan fingerprint density at radius 1 is 1.04 bits per heavy atom. The van der Waals surface area contributed by atoms with E-state index in [1.807, 2.05) is 12.1 Å². The first kappa shape index (κ1) is 19.3. The van der Waals surface area contributed by atoms with Crippen molar-refractivity contribution in [3.05, 3.63) is 93.0 Å². The SMILES string of the molecule is CC(C)c1ccc(NC(=O)Cn2ccn(-c3cccc(F)c3)c(=O)c2=O)cc1. The van der Waals surface area contributed by atoms with Crippen molar-refractivity contribution in [1.29, 1.82) is 0 Å². The molecule has 0 saturated carbocycles. The van der Waals surface area contributed by atoms with Crippen LogP contribution in [-0.2, 0) is 11.3 Å². The highest BCUT2D eigenvalue weighted by Gasteiger charge is 2.11. The van der Waals surface area contributed by atoms with Crippen LogP contribution in [0.4, 0.5) is 10.1 Å². The molecule has 0 radical (unpaired) electrons. The first-order chi connectivity index (χ1) is 13.3. The Morgan fingerprint density at radius 2 is 1.75 bits per heavy atom. The fourth-order valence-electron chi connectivity index (χ4n) is 2.77. The predicted molar refractivity (Wildman–Crippen MR) is 105 cm³/mol. The lowest BCUT2D eigenvalue weighted by Crippen LogP contribution is -2.41. The van der Waals surface area contributed by atoms with Crippen LogP contribution in [0.1, 0.15) is 25.3 Å². The Labute approximate surface area is 160 Å². The summed E-state index contributed by atoms with van der Waals surface area (Å²) < 4.78 is 15.4. The van der Waals surface area contributed by atoms with Crippen molar-refractivity contribution in [2.45, 2.75) is 26.3 Å². The number of rotatable bonds is 5. The van der Waals surface area contributed by atoms with E-state index in [0.29, 0.717) is 11.6 Å². The van der Waals surface area contributed by atoms with Gasteiger partial charge in [0.15, 0.2) is 0 Å². The lowest BCUT2D eigenvalue weighted by molar-refractivity contribution is -0.116. The smallest absolute Gasteiger partial charge is 0.320 e. The van der Waals surface area contributed by atoms with Crippen LogP contribution in [-0.4, -0.2) is 15.0 Å². The van der Waals surface area contributed by atoms with Gasteiger partial charge in [0.25, 0.3) is 0 Å². The zero-order valence-electron chi connectivity index (χ0n) is 15.6. The van der Waals surface area contributed by atoms with Crippen LogP contribution in [0.3, 0.4) is 0 Å². The Kier molecular flexibility index (Phi) is 5.54. The molecule has 2 aromatic carbocycles. The average molecular weight is 381 g/mol. The molecule has 3 aromatic rings. The summed E-state index contributed by atoms with van der Waals surface area (Å²) >= 11 is 0. The second-order valence-corrected chi connectivity index (χ2v) is 6.71. The highest BCUT2D eigenvalue weighted by Crippen LogP contribution is 2.17. The number of hydrogen-bond acceptors (Lipinski definition) is 3. The molecule has 1 N–H and O–H groups in total. The number of benzene rings is 2. The molecule has 144 valence electrons. The molecular formula is C21H20FN3O3. The van der Waals surface area contributed by atoms with Crippen molar-refractivity contribution in [2.75, 3.05) is 5.32 Å². The number of aromatic nitrogens is 2. The van der Waals surface area contributed by atoms with E-state index in [4.69, 9.17) is 0 Å². The topological polar surface area (TPSA) is 73.1 Å². The molecule has 0 aliphatic heterocycles. The molecule has 0 spiro atoms. The fraction of sp³-hybridized carbons (Fsp3) is 0.190. The summed E-state index contributed by atoms with van der Waals surface area (Å²) in [6, 6.07) is 12.8. The maximum absolute atomic E-state index is 13.4. The molecule has 0 atom stereocenters. The van der Waals surface area contributed by atoms with Crippen LogP contribution in [0.25, 0.3) is 5.69 Å². The number of hydrogen-bond donors (Lipinski definition) is 1. The molecule has 0 aliphatic rings. The van der Waals surface area contributed by atoms with Crippen molar-refractivity contribution in [2.24, 2.45) is 0 Å². The fourth-order valence-corrected chi connectivity index (χ4v) is 2.77. The first-order valence-corrected chi connectivity index (χ1v) is 8.83. The largest absolute Gasteiger partial charge is 0.325 e. The molecule has 0 fully saturated rings. The number of nitrogens with one attached hydrogen (secondary N) is 1. The first-order valence-electron chi connectivity index (χ1n) is 8.83. The molecule has 0 aliphatic carbocycles. The second kappa shape index (κ2) is 8.04. The number of carbonyl (C=O) groups is 1. The molecule has 0 saturated heterocycles. The average Bonchev–Trinajstić information content (AvgIpc) is 2.66. The zero-order chi connectivity index (χ0) is 20.3. The Hall–Kier alpha value is -3.48. The van der Waals surface area contributed by atoms with Gasteiger partial charge in [0, 0.05) is 18.1 Å². The van der Waals surface area contributed by atoms with E-state index in [2.05, 4.69) is 19.2 Å². The van der Waals surface area contributed by atoms with E-state index < -0.39 is 22.8 Å². The van der Waals surface area contributed by atoms with Crippen molar-refractivity contribution in [1.82, 2.24) is 9.13 Å². The second-order valence-electron chi connectivity index (χ2n) is 6.71. The lowest BCUT2D eigenvalue weighted by atomic mass is 10.0. The Bertz CT molecular complexity index is 1110. The maximum Gasteiger partial charge on any atom is 0.320 e. The molecular weight excluding hydrogens is 361 g/mol. The van der Waals surface area contributed by atoms with Gasteiger partial charge in [-0.25, -0.2) is 4.39 Å². The third kappa shape index (κ3) is 4.25. The monoisotopic (exact) mass is 381 g/mol. The zero-order valence-corrected chi connectivity index (χ0v) is 15.6. The van der Waals surface area contributed by atoms with Gasteiger partial charge in [-0.2, -0.15) is 0 Å². The standard InChI is InChI=1S/C21H20FN3O3/c1-14(2)15-6-8-17(9-7-15)23-19(26)13-24-10-11-25(21(28)20(24)27)18-5-3-4-16(22)12-18/h3-12,14H,13H2,1-2H3,(H,23,26). The molecule has 0 unspecified atom stereocenters. The normalized spacial score (nSPS) is 10.9. The minimum atomic E-state index is -0.864. The third-order valence-electron chi connectivity index (χ3n) is 4.32. The van der Waals surface area contributed by atoms with Gasteiger partial charge in [-0.05, 0) is 41.8 Å². The van der Waals surface area contributed by atoms with Crippen LogP contribution < -0.4 is 16.4 Å². The molecule has 6 nitrogen and oxygen atoms in total. The van der Waals surface area contributed by atoms with Gasteiger partial charge in [-0.15, -0.1) is 0 Å². The number of nitrogens with zero attached hydrogens (tertiary/aromatic N) is 2. The van der Waals surface area contributed by atoms with E-state index in [0.717, 1.165) is 20.8 Å². The highest BCUT2D eigenvalue weighted by atomic mass is 19.1. The van der Waals surface area contributed by atoms with Crippen LogP contribution in [0.5, 0.6) is 0 Å². The van der Waals surface area contributed by atoms with Crippen molar-refractivity contribution >= 4 is 11.6 Å². The van der Waals surface area contributed by atoms with Crippen LogP contribution >= 0.6 is 0 Å². The van der Waals surface area contributed by atoms with Crippen molar-refractivity contribution in [3.63, 3.8) is 0 Å². The van der Waals surface area contributed by atoms with E-state index in [-0.39, 0.29) is 12.2 Å². The summed E-state index contributed by atoms with van der Waals surface area (Å²) in [6.07, 6.45) is 2.67. The van der Waals surface area contributed by atoms with Crippen molar-refractivity contribution in [3.8, 4) is 5.69 Å². The molecule has 7 heteroatoms. The van der Waals surface area contributed by atoms with E-state index in [1.165, 1.54) is 30.6 Å². The summed E-state index contributed by atoms with van der Waals surface area (Å²) in [4.78, 5) is 36.9. The lowest BCUT2D eigenvalue weighted by Gasteiger charge is -2.11. The molecule has 1 amide bonds.